The van der Waals surface area contributed by atoms with E-state index in [1.807, 2.05) is 54.6 Å². The van der Waals surface area contributed by atoms with Crippen LogP contribution in [0.15, 0.2) is 79.1 Å². The van der Waals surface area contributed by atoms with Gasteiger partial charge in [-0.15, -0.1) is 0 Å². The molecule has 0 unspecified atom stereocenters. The summed E-state index contributed by atoms with van der Waals surface area (Å²) in [5.41, 5.74) is 9.25. The number of anilines is 1. The lowest BCUT2D eigenvalue weighted by Gasteiger charge is -2.17. The summed E-state index contributed by atoms with van der Waals surface area (Å²) in [6, 6.07) is 21.4. The van der Waals surface area contributed by atoms with Crippen LogP contribution < -0.4 is 5.73 Å². The fourth-order valence-electron chi connectivity index (χ4n) is 3.16. The first-order chi connectivity index (χ1) is 13.6. The predicted molar refractivity (Wildman–Crippen MR) is 112 cm³/mol. The van der Waals surface area contributed by atoms with Crippen LogP contribution in [0.2, 0.25) is 0 Å². The highest BCUT2D eigenvalue weighted by Crippen LogP contribution is 2.25. The fourth-order valence-corrected chi connectivity index (χ4v) is 3.16. The number of amides is 1. The molecule has 4 rings (SSSR count). The Balaban J connectivity index is 1.58. The van der Waals surface area contributed by atoms with Crippen LogP contribution in [-0.2, 0) is 6.54 Å². The zero-order valence-corrected chi connectivity index (χ0v) is 15.5. The molecule has 4 aromatic rings. The van der Waals surface area contributed by atoms with Crippen LogP contribution in [0.3, 0.4) is 0 Å². The third kappa shape index (κ3) is 3.69. The molecular formula is C23H20N4O. The second-order valence-corrected chi connectivity index (χ2v) is 6.73. The summed E-state index contributed by atoms with van der Waals surface area (Å²) < 4.78 is 0. The number of pyridine rings is 2. The number of carbonyl (C=O) groups is 1. The molecule has 0 fully saturated rings. The average Bonchev–Trinajstić information content (AvgIpc) is 2.73. The number of hydrogen-bond acceptors (Lipinski definition) is 4. The second-order valence-electron chi connectivity index (χ2n) is 6.73. The maximum atomic E-state index is 12.8. The van der Waals surface area contributed by atoms with Crippen LogP contribution >= 0.6 is 0 Å². The average molecular weight is 368 g/mol. The van der Waals surface area contributed by atoms with Crippen LogP contribution in [0.25, 0.3) is 21.9 Å². The van der Waals surface area contributed by atoms with E-state index in [4.69, 9.17) is 5.73 Å². The van der Waals surface area contributed by atoms with Gasteiger partial charge in [0.15, 0.2) is 0 Å². The lowest BCUT2D eigenvalue weighted by Crippen LogP contribution is -2.26. The lowest BCUT2D eigenvalue weighted by atomic mass is 10.0. The molecule has 1 amide bonds. The molecule has 5 nitrogen and oxygen atoms in total. The Labute approximate surface area is 163 Å². The number of fused-ring (bicyclic) bond motifs is 1. The van der Waals surface area contributed by atoms with Crippen LogP contribution in [0.1, 0.15) is 16.1 Å². The first-order valence-corrected chi connectivity index (χ1v) is 9.01. The highest BCUT2D eigenvalue weighted by molar-refractivity contribution is 5.99. The molecule has 0 saturated carbocycles. The summed E-state index contributed by atoms with van der Waals surface area (Å²) in [7, 11) is 1.79. The van der Waals surface area contributed by atoms with Crippen molar-refractivity contribution in [3.63, 3.8) is 0 Å². The van der Waals surface area contributed by atoms with Gasteiger partial charge in [0.25, 0.3) is 5.91 Å². The Morgan fingerprint density at radius 2 is 1.71 bits per heavy atom. The van der Waals surface area contributed by atoms with Crippen molar-refractivity contribution in [2.24, 2.45) is 0 Å². The van der Waals surface area contributed by atoms with Crippen molar-refractivity contribution in [2.75, 3.05) is 12.8 Å². The molecule has 2 heterocycles. The molecule has 0 atom stereocenters. The number of hydrogen-bond donors (Lipinski definition) is 1. The topological polar surface area (TPSA) is 72.1 Å². The maximum Gasteiger partial charge on any atom is 0.253 e. The third-order valence-electron chi connectivity index (χ3n) is 4.68. The van der Waals surface area contributed by atoms with E-state index in [0.29, 0.717) is 17.9 Å². The summed E-state index contributed by atoms with van der Waals surface area (Å²) in [5.74, 6) is 0.474. The molecule has 138 valence electrons. The summed E-state index contributed by atoms with van der Waals surface area (Å²) in [6.07, 6.45) is 3.50. The van der Waals surface area contributed by atoms with Gasteiger partial charge < -0.3 is 10.6 Å². The van der Waals surface area contributed by atoms with Crippen molar-refractivity contribution in [1.29, 1.82) is 0 Å². The summed E-state index contributed by atoms with van der Waals surface area (Å²) in [4.78, 5) is 22.9. The fraction of sp³-hybridized carbons (Fsp3) is 0.0870. The summed E-state index contributed by atoms with van der Waals surface area (Å²) in [5, 5.41) is 2.09. The van der Waals surface area contributed by atoms with Crippen LogP contribution in [0, 0.1) is 0 Å². The SMILES string of the molecule is CN(Cc1ccccn1)C(=O)c1ccc2cc(-c3ccc(N)nc3)ccc2c1. The van der Waals surface area contributed by atoms with Crippen molar-refractivity contribution in [3.05, 3.63) is 90.4 Å². The van der Waals surface area contributed by atoms with Crippen molar-refractivity contribution >= 4 is 22.5 Å². The molecule has 0 spiro atoms. The molecule has 2 aromatic carbocycles. The largest absolute Gasteiger partial charge is 0.384 e. The summed E-state index contributed by atoms with van der Waals surface area (Å²) in [6.45, 7) is 0.473. The molecule has 2 aromatic heterocycles. The van der Waals surface area contributed by atoms with Crippen LogP contribution in [-0.4, -0.2) is 27.8 Å². The Morgan fingerprint density at radius 1 is 0.929 bits per heavy atom. The van der Waals surface area contributed by atoms with E-state index in [0.717, 1.165) is 27.6 Å². The minimum atomic E-state index is -0.0284. The highest BCUT2D eigenvalue weighted by Gasteiger charge is 2.13. The molecular weight excluding hydrogens is 348 g/mol. The van der Waals surface area contributed by atoms with Gasteiger partial charge in [-0.05, 0) is 58.8 Å². The first-order valence-electron chi connectivity index (χ1n) is 9.01. The Hall–Kier alpha value is -3.73. The van der Waals surface area contributed by atoms with Crippen molar-refractivity contribution in [3.8, 4) is 11.1 Å². The molecule has 0 saturated heterocycles. The first kappa shape index (κ1) is 17.7. The number of rotatable bonds is 4. The van der Waals surface area contributed by atoms with Gasteiger partial charge in [0.1, 0.15) is 5.82 Å². The summed E-state index contributed by atoms with van der Waals surface area (Å²) >= 11 is 0. The Kier molecular flexibility index (Phi) is 4.72. The third-order valence-corrected chi connectivity index (χ3v) is 4.68. The normalized spacial score (nSPS) is 10.8. The number of carbonyl (C=O) groups excluding carboxylic acids is 1. The smallest absolute Gasteiger partial charge is 0.253 e. The van der Waals surface area contributed by atoms with Crippen LogP contribution in [0.4, 0.5) is 5.82 Å². The molecule has 0 aliphatic heterocycles. The molecule has 2 N–H and O–H groups in total. The van der Waals surface area contributed by atoms with Gasteiger partial charge >= 0.3 is 0 Å². The lowest BCUT2D eigenvalue weighted by molar-refractivity contribution is 0.0783. The van der Waals surface area contributed by atoms with Crippen molar-refractivity contribution < 1.29 is 4.79 Å². The van der Waals surface area contributed by atoms with E-state index >= 15 is 0 Å². The molecule has 0 aliphatic carbocycles. The van der Waals surface area contributed by atoms with E-state index in [9.17, 15) is 4.79 Å². The predicted octanol–water partition coefficient (Wildman–Crippen LogP) is 4.15. The monoisotopic (exact) mass is 368 g/mol. The Morgan fingerprint density at radius 3 is 2.46 bits per heavy atom. The van der Waals surface area contributed by atoms with E-state index in [1.165, 1.54) is 0 Å². The quantitative estimate of drug-likeness (QED) is 0.587. The standard InChI is InChI=1S/C23H20N4O/c1-27(15-21-4-2-3-11-25-21)23(28)19-8-7-16-12-18(6-5-17(16)13-19)20-9-10-22(24)26-14-20/h2-14H,15H2,1H3,(H2,24,26). The molecule has 5 heteroatoms. The van der Waals surface area contributed by atoms with Gasteiger partial charge in [-0.2, -0.15) is 0 Å². The minimum absolute atomic E-state index is 0.0284. The zero-order chi connectivity index (χ0) is 19.5. The number of nitrogens with zero attached hydrogens (tertiary/aromatic N) is 3. The van der Waals surface area contributed by atoms with Crippen LogP contribution in [0.5, 0.6) is 0 Å². The van der Waals surface area contributed by atoms with E-state index < -0.39 is 0 Å². The second kappa shape index (κ2) is 7.48. The Bertz CT molecular complexity index is 1120. The number of nitrogens with two attached hydrogens (primary N) is 1. The highest BCUT2D eigenvalue weighted by atomic mass is 16.2. The molecule has 0 aliphatic rings. The van der Waals surface area contributed by atoms with Gasteiger partial charge in [-0.3, -0.25) is 9.78 Å². The number of benzene rings is 2. The number of aromatic nitrogens is 2. The van der Waals surface area contributed by atoms with Gasteiger partial charge in [-0.25, -0.2) is 4.98 Å². The van der Waals surface area contributed by atoms with E-state index in [-0.39, 0.29) is 5.91 Å². The minimum Gasteiger partial charge on any atom is -0.384 e. The molecule has 0 radical (unpaired) electrons. The van der Waals surface area contributed by atoms with E-state index in [2.05, 4.69) is 16.0 Å². The van der Waals surface area contributed by atoms with Crippen molar-refractivity contribution in [1.82, 2.24) is 14.9 Å². The van der Waals surface area contributed by atoms with Gasteiger partial charge in [0, 0.05) is 30.6 Å². The number of nitrogen functional groups attached to an aromatic ring is 1. The molecule has 0 bridgehead atoms. The van der Waals surface area contributed by atoms with Gasteiger partial charge in [0.05, 0.1) is 12.2 Å². The zero-order valence-electron chi connectivity index (χ0n) is 15.5. The van der Waals surface area contributed by atoms with E-state index in [1.54, 1.807) is 30.4 Å². The van der Waals surface area contributed by atoms with Crippen molar-refractivity contribution in [2.45, 2.75) is 6.54 Å². The molecule has 28 heavy (non-hydrogen) atoms. The maximum absolute atomic E-state index is 12.8. The van der Waals surface area contributed by atoms with Gasteiger partial charge in [-0.1, -0.05) is 24.3 Å². The van der Waals surface area contributed by atoms with Gasteiger partial charge in [0.2, 0.25) is 0 Å².